The molecule has 1 saturated heterocycles. The van der Waals surface area contributed by atoms with E-state index in [1.165, 1.54) is 0 Å². The highest BCUT2D eigenvalue weighted by molar-refractivity contribution is 5.42. The lowest BCUT2D eigenvalue weighted by molar-refractivity contribution is 0.0500. The second kappa shape index (κ2) is 4.25. The maximum atomic E-state index is 5.29. The molecule has 1 aliphatic rings. The third-order valence-electron chi connectivity index (χ3n) is 2.00. The number of hydrogen-bond acceptors (Lipinski definition) is 3. The first-order valence-corrected chi connectivity index (χ1v) is 4.43. The number of ether oxygens (including phenoxy) is 2. The highest BCUT2D eigenvalue weighted by atomic mass is 16.7. The molecule has 1 atom stereocenters. The van der Waals surface area contributed by atoms with E-state index < -0.39 is 0 Å². The molecule has 0 spiro atoms. The summed E-state index contributed by atoms with van der Waals surface area (Å²) in [6.07, 6.45) is 0.195. The van der Waals surface area contributed by atoms with Gasteiger partial charge in [0.1, 0.15) is 12.9 Å². The summed E-state index contributed by atoms with van der Waals surface area (Å²) in [7, 11) is 0. The lowest BCUT2D eigenvalue weighted by Crippen LogP contribution is -2.21. The number of benzene rings is 1. The first-order chi connectivity index (χ1) is 6.45. The van der Waals surface area contributed by atoms with Gasteiger partial charge in [0.2, 0.25) is 0 Å². The van der Waals surface area contributed by atoms with Gasteiger partial charge in [-0.15, -0.1) is 0 Å². The molecule has 1 aliphatic heterocycles. The second-order valence-electron chi connectivity index (χ2n) is 3.02. The molecule has 0 radical (unpaired) electrons. The minimum absolute atomic E-state index is 0.195. The fourth-order valence-corrected chi connectivity index (χ4v) is 1.28. The van der Waals surface area contributed by atoms with E-state index in [0.717, 1.165) is 12.2 Å². The van der Waals surface area contributed by atoms with Crippen molar-refractivity contribution in [2.75, 3.05) is 25.3 Å². The molecule has 0 bridgehead atoms. The molecule has 3 heteroatoms. The van der Waals surface area contributed by atoms with Crippen molar-refractivity contribution in [1.82, 2.24) is 0 Å². The quantitative estimate of drug-likeness (QED) is 0.762. The Morgan fingerprint density at radius 1 is 1.31 bits per heavy atom. The van der Waals surface area contributed by atoms with Gasteiger partial charge in [0.05, 0.1) is 6.61 Å². The number of rotatable bonds is 3. The van der Waals surface area contributed by atoms with E-state index in [1.54, 1.807) is 0 Å². The van der Waals surface area contributed by atoms with Crippen molar-refractivity contribution in [2.24, 2.45) is 0 Å². The van der Waals surface area contributed by atoms with E-state index in [9.17, 15) is 0 Å². The zero-order chi connectivity index (χ0) is 8.93. The van der Waals surface area contributed by atoms with E-state index in [4.69, 9.17) is 9.47 Å². The minimum atomic E-state index is 0.195. The van der Waals surface area contributed by atoms with Gasteiger partial charge < -0.3 is 14.8 Å². The SMILES string of the molecule is c1ccc(NC[C@H]2COCO2)cc1. The largest absolute Gasteiger partial charge is 0.382 e. The summed E-state index contributed by atoms with van der Waals surface area (Å²) < 4.78 is 10.4. The number of nitrogens with one attached hydrogen (secondary N) is 1. The molecule has 0 unspecified atom stereocenters. The van der Waals surface area contributed by atoms with Crippen molar-refractivity contribution in [3.63, 3.8) is 0 Å². The zero-order valence-corrected chi connectivity index (χ0v) is 7.40. The molecule has 1 N–H and O–H groups in total. The van der Waals surface area contributed by atoms with Crippen LogP contribution in [-0.4, -0.2) is 26.0 Å². The average molecular weight is 179 g/mol. The summed E-state index contributed by atoms with van der Waals surface area (Å²) in [5.74, 6) is 0. The molecule has 0 aromatic heterocycles. The number of anilines is 1. The van der Waals surface area contributed by atoms with Crippen molar-refractivity contribution < 1.29 is 9.47 Å². The predicted molar refractivity (Wildman–Crippen MR) is 50.6 cm³/mol. The van der Waals surface area contributed by atoms with Crippen LogP contribution in [0.4, 0.5) is 5.69 Å². The Bertz CT molecular complexity index is 244. The molecule has 0 amide bonds. The average Bonchev–Trinajstić information content (AvgIpc) is 2.69. The van der Waals surface area contributed by atoms with Crippen LogP contribution < -0.4 is 5.32 Å². The smallest absolute Gasteiger partial charge is 0.147 e. The first kappa shape index (κ1) is 8.53. The van der Waals surface area contributed by atoms with Crippen molar-refractivity contribution >= 4 is 5.69 Å². The van der Waals surface area contributed by atoms with Crippen molar-refractivity contribution in [3.8, 4) is 0 Å². The molecule has 0 saturated carbocycles. The zero-order valence-electron chi connectivity index (χ0n) is 7.40. The van der Waals surface area contributed by atoms with Gasteiger partial charge >= 0.3 is 0 Å². The maximum Gasteiger partial charge on any atom is 0.147 e. The summed E-state index contributed by atoms with van der Waals surface area (Å²) in [5.41, 5.74) is 1.12. The molecule has 13 heavy (non-hydrogen) atoms. The summed E-state index contributed by atoms with van der Waals surface area (Å²) in [6, 6.07) is 10.1. The van der Waals surface area contributed by atoms with Gasteiger partial charge in [-0.05, 0) is 12.1 Å². The molecule has 1 heterocycles. The van der Waals surface area contributed by atoms with Gasteiger partial charge in [0, 0.05) is 12.2 Å². The van der Waals surface area contributed by atoms with Gasteiger partial charge in [0.15, 0.2) is 0 Å². The highest BCUT2D eigenvalue weighted by Gasteiger charge is 2.14. The summed E-state index contributed by atoms with van der Waals surface area (Å²) in [5, 5.41) is 3.28. The van der Waals surface area contributed by atoms with Crippen LogP contribution in [0, 0.1) is 0 Å². The topological polar surface area (TPSA) is 30.5 Å². The third kappa shape index (κ3) is 2.44. The standard InChI is InChI=1S/C10H13NO2/c1-2-4-9(5-3-1)11-6-10-7-12-8-13-10/h1-5,10-11H,6-8H2/t10-/m0/s1. The Morgan fingerprint density at radius 2 is 2.15 bits per heavy atom. The van der Waals surface area contributed by atoms with E-state index in [0.29, 0.717) is 13.4 Å². The monoisotopic (exact) mass is 179 g/mol. The first-order valence-electron chi connectivity index (χ1n) is 4.43. The lowest BCUT2D eigenvalue weighted by atomic mass is 10.3. The lowest BCUT2D eigenvalue weighted by Gasteiger charge is -2.09. The maximum absolute atomic E-state index is 5.29. The minimum Gasteiger partial charge on any atom is -0.382 e. The van der Waals surface area contributed by atoms with Crippen LogP contribution in [0.5, 0.6) is 0 Å². The van der Waals surface area contributed by atoms with Gasteiger partial charge in [-0.1, -0.05) is 18.2 Å². The Balaban J connectivity index is 1.79. The predicted octanol–water partition coefficient (Wildman–Crippen LogP) is 1.47. The summed E-state index contributed by atoms with van der Waals surface area (Å²) in [6.45, 7) is 1.94. The highest BCUT2D eigenvalue weighted by Crippen LogP contribution is 2.07. The molecule has 0 aliphatic carbocycles. The molecule has 3 nitrogen and oxygen atoms in total. The van der Waals surface area contributed by atoms with Gasteiger partial charge in [-0.25, -0.2) is 0 Å². The fourth-order valence-electron chi connectivity index (χ4n) is 1.28. The van der Waals surface area contributed by atoms with E-state index in [1.807, 2.05) is 30.3 Å². The number of para-hydroxylation sites is 1. The van der Waals surface area contributed by atoms with Crippen molar-refractivity contribution in [2.45, 2.75) is 6.10 Å². The fraction of sp³-hybridized carbons (Fsp3) is 0.400. The Morgan fingerprint density at radius 3 is 2.85 bits per heavy atom. The Hall–Kier alpha value is -1.06. The molecule has 2 rings (SSSR count). The van der Waals surface area contributed by atoms with Gasteiger partial charge in [-0.2, -0.15) is 0 Å². The Kier molecular flexibility index (Phi) is 2.79. The van der Waals surface area contributed by atoms with Crippen molar-refractivity contribution in [3.05, 3.63) is 30.3 Å². The van der Waals surface area contributed by atoms with Crippen LogP contribution in [0.15, 0.2) is 30.3 Å². The third-order valence-corrected chi connectivity index (χ3v) is 2.00. The molecule has 1 aromatic carbocycles. The summed E-state index contributed by atoms with van der Waals surface area (Å²) >= 11 is 0. The van der Waals surface area contributed by atoms with E-state index in [-0.39, 0.29) is 6.10 Å². The van der Waals surface area contributed by atoms with Crippen LogP contribution in [0.3, 0.4) is 0 Å². The molecule has 1 aromatic rings. The van der Waals surface area contributed by atoms with E-state index >= 15 is 0 Å². The van der Waals surface area contributed by atoms with Crippen molar-refractivity contribution in [1.29, 1.82) is 0 Å². The van der Waals surface area contributed by atoms with Crippen LogP contribution in [0.2, 0.25) is 0 Å². The molecule has 1 fully saturated rings. The normalized spacial score (nSPS) is 21.7. The molecular formula is C10H13NO2. The molecule has 70 valence electrons. The van der Waals surface area contributed by atoms with Gasteiger partial charge in [-0.3, -0.25) is 0 Å². The van der Waals surface area contributed by atoms with Crippen LogP contribution >= 0.6 is 0 Å². The summed E-state index contributed by atoms with van der Waals surface area (Å²) in [4.78, 5) is 0. The number of hydrogen-bond donors (Lipinski definition) is 1. The van der Waals surface area contributed by atoms with Crippen LogP contribution in [0.1, 0.15) is 0 Å². The van der Waals surface area contributed by atoms with E-state index in [2.05, 4.69) is 5.32 Å². The Labute approximate surface area is 77.7 Å². The molecular weight excluding hydrogens is 166 g/mol. The second-order valence-corrected chi connectivity index (χ2v) is 3.02. The van der Waals surface area contributed by atoms with Gasteiger partial charge in [0.25, 0.3) is 0 Å². The van der Waals surface area contributed by atoms with Crippen LogP contribution in [-0.2, 0) is 9.47 Å². The van der Waals surface area contributed by atoms with Crippen LogP contribution in [0.25, 0.3) is 0 Å².